The minimum absolute atomic E-state index is 0.0733. The fourth-order valence-corrected chi connectivity index (χ4v) is 2.36. The predicted octanol–water partition coefficient (Wildman–Crippen LogP) is 0.509. The Kier molecular flexibility index (Phi) is 5.55. The van der Waals surface area contributed by atoms with E-state index >= 15 is 0 Å². The van der Waals surface area contributed by atoms with Gasteiger partial charge in [-0.25, -0.2) is 4.79 Å². The number of hydrogen-bond acceptors (Lipinski definition) is 4. The van der Waals surface area contributed by atoms with E-state index in [4.69, 9.17) is 10.5 Å². The Bertz CT molecular complexity index is 303. The summed E-state index contributed by atoms with van der Waals surface area (Å²) in [5.74, 6) is -0.396. The topological polar surface area (TPSA) is 93.5 Å². The zero-order valence-electron chi connectivity index (χ0n) is 11.1. The zero-order chi connectivity index (χ0) is 13.6. The van der Waals surface area contributed by atoms with Crippen molar-refractivity contribution in [3.63, 3.8) is 0 Å². The molecule has 4 N–H and O–H groups in total. The molecule has 0 aromatic heterocycles. The standard InChI is InChI=1S/C12H23N3O3/c1-3-12(4-2)7-9(5-6-18-12)14-8-10(16)15-11(13)17/h9,14H,3-8H2,1-2H3,(H3,13,15,16,17). The van der Waals surface area contributed by atoms with Crippen LogP contribution in [-0.4, -0.2) is 36.7 Å². The van der Waals surface area contributed by atoms with Crippen LogP contribution in [0.5, 0.6) is 0 Å². The van der Waals surface area contributed by atoms with E-state index in [-0.39, 0.29) is 18.2 Å². The Hall–Kier alpha value is -1.14. The molecule has 6 nitrogen and oxygen atoms in total. The third-order valence-corrected chi connectivity index (χ3v) is 3.60. The average molecular weight is 257 g/mol. The molecule has 1 atom stereocenters. The number of imide groups is 1. The molecule has 0 saturated carbocycles. The van der Waals surface area contributed by atoms with E-state index in [9.17, 15) is 9.59 Å². The van der Waals surface area contributed by atoms with E-state index in [1.807, 2.05) is 5.32 Å². The van der Waals surface area contributed by atoms with Gasteiger partial charge in [-0.15, -0.1) is 0 Å². The summed E-state index contributed by atoms with van der Waals surface area (Å²) in [5, 5.41) is 5.19. The Morgan fingerprint density at radius 1 is 1.39 bits per heavy atom. The van der Waals surface area contributed by atoms with Crippen molar-refractivity contribution >= 4 is 11.9 Å². The van der Waals surface area contributed by atoms with Crippen LogP contribution in [0.1, 0.15) is 39.5 Å². The number of primary amides is 1. The summed E-state index contributed by atoms with van der Waals surface area (Å²) in [6.07, 6.45) is 3.71. The maximum absolute atomic E-state index is 11.3. The first-order valence-electron chi connectivity index (χ1n) is 6.48. The third-order valence-electron chi connectivity index (χ3n) is 3.60. The Labute approximate surface area is 108 Å². The third kappa shape index (κ3) is 4.27. The molecule has 0 aromatic carbocycles. The Balaban J connectivity index is 2.38. The molecule has 1 unspecified atom stereocenters. The van der Waals surface area contributed by atoms with Gasteiger partial charge < -0.3 is 15.8 Å². The number of hydrogen-bond donors (Lipinski definition) is 3. The second-order valence-corrected chi connectivity index (χ2v) is 4.72. The van der Waals surface area contributed by atoms with Gasteiger partial charge >= 0.3 is 6.03 Å². The molecular weight excluding hydrogens is 234 g/mol. The van der Waals surface area contributed by atoms with Gasteiger partial charge in [-0.3, -0.25) is 10.1 Å². The number of carbonyl (C=O) groups is 2. The molecule has 104 valence electrons. The lowest BCUT2D eigenvalue weighted by Crippen LogP contribution is -2.49. The van der Waals surface area contributed by atoms with Crippen molar-refractivity contribution in [2.75, 3.05) is 13.2 Å². The SMILES string of the molecule is CCC1(CC)CC(NCC(=O)NC(N)=O)CCO1. The largest absolute Gasteiger partial charge is 0.375 e. The highest BCUT2D eigenvalue weighted by molar-refractivity contribution is 5.94. The highest BCUT2D eigenvalue weighted by atomic mass is 16.5. The number of nitrogens with two attached hydrogens (primary N) is 1. The summed E-state index contributed by atoms with van der Waals surface area (Å²) in [6, 6.07) is -0.567. The fourth-order valence-electron chi connectivity index (χ4n) is 2.36. The van der Waals surface area contributed by atoms with Crippen molar-refractivity contribution in [1.29, 1.82) is 0 Å². The molecule has 0 spiro atoms. The van der Waals surface area contributed by atoms with Crippen LogP contribution in [0.2, 0.25) is 0 Å². The summed E-state index contributed by atoms with van der Waals surface area (Å²) < 4.78 is 5.85. The van der Waals surface area contributed by atoms with E-state index in [0.29, 0.717) is 6.61 Å². The van der Waals surface area contributed by atoms with Gasteiger partial charge in [-0.2, -0.15) is 0 Å². The van der Waals surface area contributed by atoms with Crippen LogP contribution in [0, 0.1) is 0 Å². The van der Waals surface area contributed by atoms with Gasteiger partial charge in [0.2, 0.25) is 5.91 Å². The van der Waals surface area contributed by atoms with Crippen molar-refractivity contribution < 1.29 is 14.3 Å². The van der Waals surface area contributed by atoms with Crippen molar-refractivity contribution in [2.24, 2.45) is 5.73 Å². The van der Waals surface area contributed by atoms with Crippen LogP contribution in [0.15, 0.2) is 0 Å². The molecular formula is C12H23N3O3. The summed E-state index contributed by atoms with van der Waals surface area (Å²) in [5.41, 5.74) is 4.80. The first kappa shape index (κ1) is 14.9. The average Bonchev–Trinajstić information content (AvgIpc) is 2.36. The molecule has 0 aromatic rings. The van der Waals surface area contributed by atoms with Crippen LogP contribution < -0.4 is 16.4 Å². The number of nitrogens with one attached hydrogen (secondary N) is 2. The van der Waals surface area contributed by atoms with Crippen LogP contribution in [-0.2, 0) is 9.53 Å². The van der Waals surface area contributed by atoms with Gasteiger partial charge in [0.25, 0.3) is 0 Å². The lowest BCUT2D eigenvalue weighted by atomic mass is 9.86. The molecule has 6 heteroatoms. The number of amides is 3. The van der Waals surface area contributed by atoms with Crippen LogP contribution in [0.3, 0.4) is 0 Å². The van der Waals surface area contributed by atoms with Gasteiger partial charge in [0, 0.05) is 12.6 Å². The van der Waals surface area contributed by atoms with E-state index in [1.54, 1.807) is 0 Å². The maximum Gasteiger partial charge on any atom is 0.318 e. The molecule has 18 heavy (non-hydrogen) atoms. The van der Waals surface area contributed by atoms with Crippen molar-refractivity contribution in [3.8, 4) is 0 Å². The molecule has 1 heterocycles. The van der Waals surface area contributed by atoms with Gasteiger partial charge in [0.05, 0.1) is 12.1 Å². The van der Waals surface area contributed by atoms with Crippen LogP contribution >= 0.6 is 0 Å². The number of urea groups is 1. The Morgan fingerprint density at radius 2 is 2.06 bits per heavy atom. The summed E-state index contributed by atoms with van der Waals surface area (Å²) >= 11 is 0. The van der Waals surface area contributed by atoms with Crippen molar-refractivity contribution in [2.45, 2.75) is 51.2 Å². The van der Waals surface area contributed by atoms with Gasteiger partial charge in [0.1, 0.15) is 0 Å². The van der Waals surface area contributed by atoms with E-state index < -0.39 is 11.9 Å². The summed E-state index contributed by atoms with van der Waals surface area (Å²) in [4.78, 5) is 21.8. The Morgan fingerprint density at radius 3 is 2.61 bits per heavy atom. The monoisotopic (exact) mass is 257 g/mol. The lowest BCUT2D eigenvalue weighted by molar-refractivity contribution is -0.120. The first-order chi connectivity index (χ1) is 8.51. The number of rotatable bonds is 5. The van der Waals surface area contributed by atoms with E-state index in [0.717, 1.165) is 25.7 Å². The number of ether oxygens (including phenoxy) is 1. The second-order valence-electron chi connectivity index (χ2n) is 4.72. The second kappa shape index (κ2) is 6.70. The predicted molar refractivity (Wildman–Crippen MR) is 68.0 cm³/mol. The summed E-state index contributed by atoms with van der Waals surface area (Å²) in [7, 11) is 0. The van der Waals surface area contributed by atoms with E-state index in [2.05, 4.69) is 19.2 Å². The maximum atomic E-state index is 11.3. The first-order valence-corrected chi connectivity index (χ1v) is 6.48. The highest BCUT2D eigenvalue weighted by Gasteiger charge is 2.34. The van der Waals surface area contributed by atoms with Crippen molar-refractivity contribution in [3.05, 3.63) is 0 Å². The minimum atomic E-state index is -0.815. The van der Waals surface area contributed by atoms with Crippen molar-refractivity contribution in [1.82, 2.24) is 10.6 Å². The molecule has 0 radical (unpaired) electrons. The molecule has 3 amide bonds. The molecule has 1 fully saturated rings. The van der Waals surface area contributed by atoms with Gasteiger partial charge in [0.15, 0.2) is 0 Å². The molecule has 0 aliphatic carbocycles. The number of carbonyl (C=O) groups excluding carboxylic acids is 2. The molecule has 1 aliphatic heterocycles. The van der Waals surface area contributed by atoms with Crippen LogP contribution in [0.25, 0.3) is 0 Å². The molecule has 1 saturated heterocycles. The van der Waals surface area contributed by atoms with E-state index in [1.165, 1.54) is 0 Å². The normalized spacial score (nSPS) is 22.4. The highest BCUT2D eigenvalue weighted by Crippen LogP contribution is 2.31. The lowest BCUT2D eigenvalue weighted by Gasteiger charge is -2.40. The molecule has 1 aliphatic rings. The fraction of sp³-hybridized carbons (Fsp3) is 0.833. The van der Waals surface area contributed by atoms with Gasteiger partial charge in [-0.05, 0) is 25.7 Å². The summed E-state index contributed by atoms with van der Waals surface area (Å²) in [6.45, 7) is 5.05. The molecule has 0 bridgehead atoms. The van der Waals surface area contributed by atoms with Crippen LogP contribution in [0.4, 0.5) is 4.79 Å². The minimum Gasteiger partial charge on any atom is -0.375 e. The van der Waals surface area contributed by atoms with Gasteiger partial charge in [-0.1, -0.05) is 13.8 Å². The quantitative estimate of drug-likeness (QED) is 0.669. The zero-order valence-corrected chi connectivity index (χ0v) is 11.1. The molecule has 1 rings (SSSR count). The smallest absolute Gasteiger partial charge is 0.318 e.